The summed E-state index contributed by atoms with van der Waals surface area (Å²) >= 11 is 0. The van der Waals surface area contributed by atoms with Crippen molar-refractivity contribution in [2.75, 3.05) is 38.8 Å². The summed E-state index contributed by atoms with van der Waals surface area (Å²) in [5, 5.41) is 13.2. The fourth-order valence-corrected chi connectivity index (χ4v) is 4.03. The number of nitrogens with zero attached hydrogens (tertiary/aromatic N) is 2. The molecule has 4 rings (SSSR count). The minimum atomic E-state index is -1.22. The minimum Gasteiger partial charge on any atom is -0.494 e. The highest BCUT2D eigenvalue weighted by Crippen LogP contribution is 2.46. The molecule has 1 aliphatic heterocycles. The number of hydrogen-bond acceptors (Lipinski definition) is 6. The second-order valence-electron chi connectivity index (χ2n) is 7.47. The average Bonchev–Trinajstić information content (AvgIpc) is 3.51. The van der Waals surface area contributed by atoms with Crippen LogP contribution in [0.4, 0.5) is 5.69 Å². The zero-order valence-electron chi connectivity index (χ0n) is 16.3. The number of carbonyl (C=O) groups is 1. The van der Waals surface area contributed by atoms with Crippen molar-refractivity contribution in [3.63, 3.8) is 0 Å². The van der Waals surface area contributed by atoms with Crippen LogP contribution in [0.3, 0.4) is 0 Å². The van der Waals surface area contributed by atoms with Gasteiger partial charge in [0.15, 0.2) is 5.75 Å². The molecule has 28 heavy (non-hydrogen) atoms. The van der Waals surface area contributed by atoms with Gasteiger partial charge in [-0.2, -0.15) is 0 Å². The van der Waals surface area contributed by atoms with Crippen LogP contribution in [0.1, 0.15) is 36.2 Å². The van der Waals surface area contributed by atoms with E-state index in [9.17, 15) is 14.7 Å². The highest BCUT2D eigenvalue weighted by molar-refractivity contribution is 5.98. The lowest BCUT2D eigenvalue weighted by molar-refractivity contribution is 0.0695. The van der Waals surface area contributed by atoms with Crippen LogP contribution in [0.25, 0.3) is 10.9 Å². The SMILES string of the molecule is COc1cc2c(=O)c(C(=O)O)cn(C3CC3)c2c(OC)c1N1CCNC(C)C1. The molecule has 0 radical (unpaired) electrons. The fraction of sp³-hybridized carbons (Fsp3) is 0.500. The van der Waals surface area contributed by atoms with E-state index in [1.54, 1.807) is 20.3 Å². The third-order valence-electron chi connectivity index (χ3n) is 5.49. The number of anilines is 1. The molecule has 1 aromatic heterocycles. The Bertz CT molecular complexity index is 996. The summed E-state index contributed by atoms with van der Waals surface area (Å²) in [7, 11) is 3.13. The number of ether oxygens (including phenoxy) is 2. The number of benzene rings is 1. The van der Waals surface area contributed by atoms with Gasteiger partial charge in [0.2, 0.25) is 5.43 Å². The molecule has 2 aromatic rings. The van der Waals surface area contributed by atoms with Crippen LogP contribution in [0.15, 0.2) is 17.1 Å². The fourth-order valence-electron chi connectivity index (χ4n) is 4.03. The Hall–Kier alpha value is -2.74. The zero-order valence-corrected chi connectivity index (χ0v) is 16.3. The predicted octanol–water partition coefficient (Wildman–Crippen LogP) is 1.85. The molecule has 1 saturated heterocycles. The van der Waals surface area contributed by atoms with Crippen molar-refractivity contribution in [3.05, 3.63) is 28.0 Å². The smallest absolute Gasteiger partial charge is 0.341 e. The lowest BCUT2D eigenvalue weighted by atomic mass is 10.1. The molecule has 2 N–H and O–H groups in total. The maximum atomic E-state index is 12.9. The van der Waals surface area contributed by atoms with Crippen LogP contribution < -0.4 is 25.1 Å². The molecule has 0 spiro atoms. The monoisotopic (exact) mass is 387 g/mol. The van der Waals surface area contributed by atoms with E-state index in [1.807, 2.05) is 4.57 Å². The molecular weight excluding hydrogens is 362 g/mol. The van der Waals surface area contributed by atoms with Gasteiger partial charge in [-0.1, -0.05) is 0 Å². The van der Waals surface area contributed by atoms with Gasteiger partial charge in [-0.25, -0.2) is 4.79 Å². The highest BCUT2D eigenvalue weighted by Gasteiger charge is 2.32. The van der Waals surface area contributed by atoms with E-state index in [4.69, 9.17) is 9.47 Å². The Morgan fingerprint density at radius 2 is 2.04 bits per heavy atom. The van der Waals surface area contributed by atoms with E-state index in [1.165, 1.54) is 6.20 Å². The second-order valence-corrected chi connectivity index (χ2v) is 7.47. The summed E-state index contributed by atoms with van der Waals surface area (Å²) in [4.78, 5) is 26.7. The van der Waals surface area contributed by atoms with E-state index in [-0.39, 0.29) is 11.6 Å². The Labute approximate surface area is 162 Å². The number of carboxylic acids is 1. The summed E-state index contributed by atoms with van der Waals surface area (Å²) in [6.45, 7) is 4.51. The normalized spacial score (nSPS) is 19.7. The van der Waals surface area contributed by atoms with Crippen molar-refractivity contribution in [2.24, 2.45) is 0 Å². The highest BCUT2D eigenvalue weighted by atomic mass is 16.5. The molecule has 8 heteroatoms. The lowest BCUT2D eigenvalue weighted by Gasteiger charge is -2.35. The zero-order chi connectivity index (χ0) is 20.0. The van der Waals surface area contributed by atoms with Crippen molar-refractivity contribution in [2.45, 2.75) is 31.8 Å². The largest absolute Gasteiger partial charge is 0.494 e. The van der Waals surface area contributed by atoms with Crippen LogP contribution in [0, 0.1) is 0 Å². The van der Waals surface area contributed by atoms with E-state index < -0.39 is 11.4 Å². The predicted molar refractivity (Wildman–Crippen MR) is 106 cm³/mol. The Morgan fingerprint density at radius 1 is 1.29 bits per heavy atom. The minimum absolute atomic E-state index is 0.179. The Balaban J connectivity index is 2.06. The quantitative estimate of drug-likeness (QED) is 0.809. The van der Waals surface area contributed by atoms with Crippen LogP contribution in [0.2, 0.25) is 0 Å². The number of carboxylic acid groups (broad SMARTS) is 1. The average molecular weight is 387 g/mol. The van der Waals surface area contributed by atoms with Gasteiger partial charge in [-0.05, 0) is 25.8 Å². The Kier molecular flexibility index (Phi) is 4.66. The number of fused-ring (bicyclic) bond motifs is 1. The third-order valence-corrected chi connectivity index (χ3v) is 5.49. The van der Waals surface area contributed by atoms with Gasteiger partial charge >= 0.3 is 5.97 Å². The van der Waals surface area contributed by atoms with Crippen LogP contribution in [0.5, 0.6) is 11.5 Å². The summed E-state index contributed by atoms with van der Waals surface area (Å²) in [6, 6.07) is 2.14. The molecule has 2 heterocycles. The van der Waals surface area contributed by atoms with E-state index in [0.29, 0.717) is 28.4 Å². The third kappa shape index (κ3) is 2.97. The number of pyridine rings is 1. The number of hydrogen-bond donors (Lipinski definition) is 2. The lowest BCUT2D eigenvalue weighted by Crippen LogP contribution is -2.49. The van der Waals surface area contributed by atoms with Crippen molar-refractivity contribution in [1.82, 2.24) is 9.88 Å². The van der Waals surface area contributed by atoms with Crippen molar-refractivity contribution in [1.29, 1.82) is 0 Å². The maximum Gasteiger partial charge on any atom is 0.341 e. The first kappa shape index (κ1) is 18.6. The van der Waals surface area contributed by atoms with Crippen molar-refractivity contribution < 1.29 is 19.4 Å². The number of aromatic nitrogens is 1. The summed E-state index contributed by atoms with van der Waals surface area (Å²) in [5.41, 5.74) is 0.702. The summed E-state index contributed by atoms with van der Waals surface area (Å²) < 4.78 is 13.3. The van der Waals surface area contributed by atoms with Gasteiger partial charge in [0.05, 0.1) is 25.1 Å². The standard InChI is InChI=1S/C20H25N3O5/c1-11-9-22(7-6-21-11)17-15(27-2)8-13-16(19(17)28-3)23(12-4-5-12)10-14(18(13)24)20(25)26/h8,10-12,21H,4-7,9H2,1-3H3,(H,25,26). The second kappa shape index (κ2) is 7.01. The molecule has 1 saturated carbocycles. The number of methoxy groups -OCH3 is 2. The first-order valence-electron chi connectivity index (χ1n) is 9.51. The number of aromatic carboxylic acids is 1. The van der Waals surface area contributed by atoms with Crippen molar-refractivity contribution in [3.8, 4) is 11.5 Å². The number of nitrogens with one attached hydrogen (secondary N) is 1. The molecule has 150 valence electrons. The summed E-state index contributed by atoms with van der Waals surface area (Å²) in [5.74, 6) is -0.149. The molecule has 1 unspecified atom stereocenters. The maximum absolute atomic E-state index is 12.9. The van der Waals surface area contributed by atoms with Crippen LogP contribution in [-0.4, -0.2) is 55.5 Å². The van der Waals surface area contributed by atoms with Gasteiger partial charge in [-0.15, -0.1) is 0 Å². The molecule has 8 nitrogen and oxygen atoms in total. The van der Waals surface area contributed by atoms with E-state index >= 15 is 0 Å². The van der Waals surface area contributed by atoms with Gasteiger partial charge in [-0.3, -0.25) is 4.79 Å². The summed E-state index contributed by atoms with van der Waals surface area (Å²) in [6.07, 6.45) is 3.36. The number of rotatable bonds is 5. The van der Waals surface area contributed by atoms with Gasteiger partial charge < -0.3 is 29.4 Å². The molecular formula is C20H25N3O5. The van der Waals surface area contributed by atoms with Crippen LogP contribution in [-0.2, 0) is 0 Å². The van der Waals surface area contributed by atoms with Crippen LogP contribution >= 0.6 is 0 Å². The van der Waals surface area contributed by atoms with Gasteiger partial charge in [0.25, 0.3) is 0 Å². The Morgan fingerprint density at radius 3 is 2.61 bits per heavy atom. The van der Waals surface area contributed by atoms with E-state index in [2.05, 4.69) is 17.1 Å². The van der Waals surface area contributed by atoms with Crippen molar-refractivity contribution >= 4 is 22.6 Å². The van der Waals surface area contributed by atoms with E-state index in [0.717, 1.165) is 38.2 Å². The molecule has 2 aliphatic rings. The first-order chi connectivity index (χ1) is 13.5. The molecule has 2 fully saturated rings. The number of piperazine rings is 1. The molecule has 0 amide bonds. The molecule has 0 bridgehead atoms. The molecule has 1 aliphatic carbocycles. The molecule has 1 atom stereocenters. The first-order valence-corrected chi connectivity index (χ1v) is 9.51. The van der Waals surface area contributed by atoms with Gasteiger partial charge in [0, 0.05) is 37.9 Å². The van der Waals surface area contributed by atoms with Gasteiger partial charge in [0.1, 0.15) is 17.0 Å². The topological polar surface area (TPSA) is 93.0 Å². The molecule has 1 aromatic carbocycles.